The Balaban J connectivity index is 1.78. The van der Waals surface area contributed by atoms with Crippen molar-refractivity contribution in [1.29, 1.82) is 0 Å². The van der Waals surface area contributed by atoms with Gasteiger partial charge in [-0.15, -0.1) is 0 Å². The van der Waals surface area contributed by atoms with Crippen LogP contribution in [-0.4, -0.2) is 20.4 Å². The van der Waals surface area contributed by atoms with E-state index in [9.17, 15) is 13.2 Å². The highest BCUT2D eigenvalue weighted by Gasteiger charge is 2.31. The van der Waals surface area contributed by atoms with Gasteiger partial charge in [0, 0.05) is 29.4 Å². The van der Waals surface area contributed by atoms with E-state index in [2.05, 4.69) is 4.72 Å². The van der Waals surface area contributed by atoms with Crippen molar-refractivity contribution in [3.8, 4) is 0 Å². The molecule has 0 aromatic heterocycles. The minimum atomic E-state index is -3.67. The van der Waals surface area contributed by atoms with Gasteiger partial charge in [0.2, 0.25) is 5.91 Å². The summed E-state index contributed by atoms with van der Waals surface area (Å²) >= 11 is 5.78. The molecule has 1 N–H and O–H groups in total. The Morgan fingerprint density at radius 2 is 1.67 bits per heavy atom. The first-order valence-corrected chi connectivity index (χ1v) is 9.41. The largest absolute Gasteiger partial charge is 0.310 e. The normalized spacial score (nSPS) is 14.2. The van der Waals surface area contributed by atoms with Crippen molar-refractivity contribution in [2.45, 2.75) is 30.7 Å². The summed E-state index contributed by atoms with van der Waals surface area (Å²) < 4.78 is 27.2. The molecular formula is C17H17ClN2O3S. The fourth-order valence-corrected chi connectivity index (χ4v) is 3.68. The van der Waals surface area contributed by atoms with Crippen LogP contribution in [0.15, 0.2) is 53.4 Å². The smallest absolute Gasteiger partial charge is 0.261 e. The molecular weight excluding hydrogens is 348 g/mol. The topological polar surface area (TPSA) is 66.5 Å². The molecule has 5 nitrogen and oxygen atoms in total. The quantitative estimate of drug-likeness (QED) is 0.880. The fourth-order valence-electron chi connectivity index (χ4n) is 2.50. The lowest BCUT2D eigenvalue weighted by molar-refractivity contribution is -0.116. The maximum Gasteiger partial charge on any atom is 0.261 e. The molecule has 1 aliphatic rings. The average molecular weight is 365 g/mol. The summed E-state index contributed by atoms with van der Waals surface area (Å²) in [6, 6.07) is 13.0. The number of sulfonamides is 1. The molecule has 1 fully saturated rings. The van der Waals surface area contributed by atoms with E-state index < -0.39 is 10.0 Å². The Labute approximate surface area is 146 Å². The van der Waals surface area contributed by atoms with Gasteiger partial charge in [0.25, 0.3) is 10.0 Å². The van der Waals surface area contributed by atoms with Crippen LogP contribution >= 0.6 is 11.6 Å². The van der Waals surface area contributed by atoms with Crippen molar-refractivity contribution >= 4 is 38.9 Å². The van der Waals surface area contributed by atoms with Gasteiger partial charge in [-0.2, -0.15) is 0 Å². The minimum absolute atomic E-state index is 0.00741. The Bertz CT molecular complexity index is 844. The third-order valence-corrected chi connectivity index (χ3v) is 5.42. The van der Waals surface area contributed by atoms with Gasteiger partial charge in [-0.05, 0) is 61.4 Å². The molecule has 0 heterocycles. The van der Waals surface area contributed by atoms with Gasteiger partial charge in [0.1, 0.15) is 0 Å². The summed E-state index contributed by atoms with van der Waals surface area (Å²) in [5.41, 5.74) is 1.22. The van der Waals surface area contributed by atoms with E-state index in [0.29, 0.717) is 10.7 Å². The highest BCUT2D eigenvalue weighted by Crippen LogP contribution is 2.32. The summed E-state index contributed by atoms with van der Waals surface area (Å²) in [7, 11) is -3.67. The van der Waals surface area contributed by atoms with Gasteiger partial charge >= 0.3 is 0 Å². The number of anilines is 2. The van der Waals surface area contributed by atoms with E-state index in [1.165, 1.54) is 31.2 Å². The van der Waals surface area contributed by atoms with E-state index in [-0.39, 0.29) is 16.8 Å². The van der Waals surface area contributed by atoms with E-state index in [4.69, 9.17) is 11.6 Å². The zero-order valence-corrected chi connectivity index (χ0v) is 14.6. The summed E-state index contributed by atoms with van der Waals surface area (Å²) in [6.07, 6.45) is 2.01. The van der Waals surface area contributed by atoms with Gasteiger partial charge in [-0.3, -0.25) is 9.52 Å². The van der Waals surface area contributed by atoms with E-state index in [1.54, 1.807) is 29.2 Å². The van der Waals surface area contributed by atoms with Crippen molar-refractivity contribution in [2.75, 3.05) is 9.62 Å². The van der Waals surface area contributed by atoms with Gasteiger partial charge in [-0.1, -0.05) is 11.6 Å². The number of rotatable bonds is 5. The summed E-state index contributed by atoms with van der Waals surface area (Å²) in [4.78, 5) is 13.6. The molecule has 0 unspecified atom stereocenters. The number of carbonyl (C=O) groups excluding carboxylic acids is 1. The molecule has 7 heteroatoms. The molecule has 126 valence electrons. The minimum Gasteiger partial charge on any atom is -0.310 e. The van der Waals surface area contributed by atoms with Gasteiger partial charge < -0.3 is 4.90 Å². The van der Waals surface area contributed by atoms with Crippen LogP contribution in [0.4, 0.5) is 11.4 Å². The van der Waals surface area contributed by atoms with Crippen LogP contribution in [0.5, 0.6) is 0 Å². The molecule has 0 bridgehead atoms. The number of nitrogens with one attached hydrogen (secondary N) is 1. The third-order valence-electron chi connectivity index (χ3n) is 3.77. The number of halogens is 1. The Morgan fingerprint density at radius 3 is 2.17 bits per heavy atom. The first-order valence-electron chi connectivity index (χ1n) is 7.55. The lowest BCUT2D eigenvalue weighted by Crippen LogP contribution is -2.30. The van der Waals surface area contributed by atoms with Crippen molar-refractivity contribution in [1.82, 2.24) is 0 Å². The van der Waals surface area contributed by atoms with Crippen molar-refractivity contribution in [3.63, 3.8) is 0 Å². The highest BCUT2D eigenvalue weighted by molar-refractivity contribution is 7.92. The van der Waals surface area contributed by atoms with Gasteiger partial charge in [-0.25, -0.2) is 8.42 Å². The molecule has 1 amide bonds. The van der Waals surface area contributed by atoms with Gasteiger partial charge in [0.15, 0.2) is 0 Å². The van der Waals surface area contributed by atoms with Crippen LogP contribution in [0, 0.1) is 0 Å². The molecule has 2 aromatic rings. The molecule has 0 saturated heterocycles. The van der Waals surface area contributed by atoms with Gasteiger partial charge in [0.05, 0.1) is 4.90 Å². The first-order chi connectivity index (χ1) is 11.4. The second-order valence-electron chi connectivity index (χ2n) is 5.73. The van der Waals surface area contributed by atoms with Crippen LogP contribution in [0.2, 0.25) is 5.02 Å². The molecule has 1 aliphatic carbocycles. The predicted molar refractivity (Wildman–Crippen MR) is 94.9 cm³/mol. The van der Waals surface area contributed by atoms with Crippen LogP contribution in [0.3, 0.4) is 0 Å². The van der Waals surface area contributed by atoms with E-state index in [0.717, 1.165) is 18.5 Å². The third kappa shape index (κ3) is 3.71. The number of carbonyl (C=O) groups is 1. The number of hydrogen-bond acceptors (Lipinski definition) is 3. The van der Waals surface area contributed by atoms with Crippen LogP contribution in [0.1, 0.15) is 19.8 Å². The van der Waals surface area contributed by atoms with E-state index >= 15 is 0 Å². The number of amides is 1. The monoisotopic (exact) mass is 364 g/mol. The summed E-state index contributed by atoms with van der Waals surface area (Å²) in [6.45, 7) is 1.54. The Kier molecular flexibility index (Phi) is 4.51. The van der Waals surface area contributed by atoms with Crippen molar-refractivity contribution < 1.29 is 13.2 Å². The maximum atomic E-state index is 12.3. The zero-order chi connectivity index (χ0) is 17.3. The molecule has 0 aliphatic heterocycles. The zero-order valence-electron chi connectivity index (χ0n) is 13.1. The summed E-state index contributed by atoms with van der Waals surface area (Å²) in [5.74, 6) is -0.00741. The lowest BCUT2D eigenvalue weighted by atomic mass is 10.2. The molecule has 0 spiro atoms. The first kappa shape index (κ1) is 16.8. The molecule has 24 heavy (non-hydrogen) atoms. The highest BCUT2D eigenvalue weighted by atomic mass is 35.5. The molecule has 0 atom stereocenters. The van der Waals surface area contributed by atoms with Crippen molar-refractivity contribution in [3.05, 3.63) is 53.6 Å². The van der Waals surface area contributed by atoms with Crippen molar-refractivity contribution in [2.24, 2.45) is 0 Å². The SMILES string of the molecule is CC(=O)N(c1ccc(NS(=O)(=O)c2ccc(Cl)cc2)cc1)C1CC1. The number of benzene rings is 2. The Hall–Kier alpha value is -2.05. The molecule has 1 saturated carbocycles. The number of nitrogens with zero attached hydrogens (tertiary/aromatic N) is 1. The second kappa shape index (κ2) is 6.45. The molecule has 2 aromatic carbocycles. The predicted octanol–water partition coefficient (Wildman–Crippen LogP) is 3.66. The standard InChI is InChI=1S/C17H17ClN2O3S/c1-12(21)20(16-8-9-16)15-6-4-14(5-7-15)19-24(22,23)17-10-2-13(18)3-11-17/h2-7,10-11,16,19H,8-9H2,1H3. The lowest BCUT2D eigenvalue weighted by Gasteiger charge is -2.21. The Morgan fingerprint density at radius 1 is 1.08 bits per heavy atom. The summed E-state index contributed by atoms with van der Waals surface area (Å²) in [5, 5.41) is 0.475. The van der Waals surface area contributed by atoms with Crippen LogP contribution < -0.4 is 9.62 Å². The van der Waals surface area contributed by atoms with Crippen LogP contribution in [-0.2, 0) is 14.8 Å². The fraction of sp³-hybridized carbons (Fsp3) is 0.235. The van der Waals surface area contributed by atoms with Crippen LogP contribution in [0.25, 0.3) is 0 Å². The van der Waals surface area contributed by atoms with E-state index in [1.807, 2.05) is 0 Å². The average Bonchev–Trinajstić information content (AvgIpc) is 3.34. The number of hydrogen-bond donors (Lipinski definition) is 1. The maximum absolute atomic E-state index is 12.3. The molecule has 0 radical (unpaired) electrons. The molecule has 3 rings (SSSR count). The second-order valence-corrected chi connectivity index (χ2v) is 7.85.